The van der Waals surface area contributed by atoms with Crippen LogP contribution >= 0.6 is 11.8 Å². The number of aliphatic imine (C=N–C) groups is 2. The summed E-state index contributed by atoms with van der Waals surface area (Å²) in [6, 6.07) is 12.4. The first-order valence-electron chi connectivity index (χ1n) is 11.2. The monoisotopic (exact) mass is 525 g/mol. The van der Waals surface area contributed by atoms with Crippen molar-refractivity contribution in [2.75, 3.05) is 33.6 Å². The molecule has 12 heteroatoms. The predicted octanol–water partition coefficient (Wildman–Crippen LogP) is 4.22. The Labute approximate surface area is 218 Å². The van der Waals surface area contributed by atoms with Gasteiger partial charge in [0, 0.05) is 25.1 Å². The van der Waals surface area contributed by atoms with Gasteiger partial charge in [-0.1, -0.05) is 5.16 Å². The average Bonchev–Trinajstić information content (AvgIpc) is 3.36. The van der Waals surface area contributed by atoms with Gasteiger partial charge >= 0.3 is 6.09 Å². The summed E-state index contributed by atoms with van der Waals surface area (Å²) in [4.78, 5) is 36.7. The Balaban J connectivity index is 2.06. The van der Waals surface area contributed by atoms with Gasteiger partial charge < -0.3 is 24.1 Å². The molecule has 1 N–H and O–H groups in total. The van der Waals surface area contributed by atoms with Crippen molar-refractivity contribution >= 4 is 40.2 Å². The molecule has 11 nitrogen and oxygen atoms in total. The van der Waals surface area contributed by atoms with Gasteiger partial charge in [0.1, 0.15) is 10.8 Å². The number of nitrogens with one attached hydrogen (secondary N) is 1. The van der Waals surface area contributed by atoms with E-state index in [4.69, 9.17) is 23.7 Å². The number of carbonyl (C=O) groups excluding carboxylic acids is 2. The molecule has 0 fully saturated rings. The molecule has 0 aliphatic heterocycles. The number of thioether (sulfide) groups is 1. The molecule has 0 bridgehead atoms. The van der Waals surface area contributed by atoms with Crippen molar-refractivity contribution < 1.29 is 28.3 Å². The summed E-state index contributed by atoms with van der Waals surface area (Å²) in [7, 11) is 2.78. The summed E-state index contributed by atoms with van der Waals surface area (Å²) in [5, 5.41) is 6.77. The molecule has 3 rings (SSSR count). The van der Waals surface area contributed by atoms with E-state index in [1.165, 1.54) is 25.9 Å². The van der Waals surface area contributed by atoms with Crippen LogP contribution in [-0.2, 0) is 9.53 Å². The van der Waals surface area contributed by atoms with E-state index in [0.717, 1.165) is 5.56 Å². The minimum absolute atomic E-state index is 0.164. The van der Waals surface area contributed by atoms with Gasteiger partial charge in [0.05, 0.1) is 19.4 Å². The smallest absolute Gasteiger partial charge is 0.434 e. The summed E-state index contributed by atoms with van der Waals surface area (Å²) in [6.45, 7) is 3.76. The minimum Gasteiger partial charge on any atom is -0.490 e. The summed E-state index contributed by atoms with van der Waals surface area (Å²) in [5.41, 5.74) is 2.40. The molecule has 194 valence electrons. The number of benzene rings is 2. The zero-order valence-corrected chi connectivity index (χ0v) is 21.9. The molecule has 2 amide bonds. The second-order valence-electron chi connectivity index (χ2n) is 7.29. The zero-order chi connectivity index (χ0) is 26.8. The number of hydrogen-bond acceptors (Lipinski definition) is 10. The van der Waals surface area contributed by atoms with Gasteiger partial charge in [-0.15, -0.1) is 11.8 Å². The number of hydrogen-bond donors (Lipinski definition) is 1. The fraction of sp³-hybridized carbons (Fsp3) is 0.280. The van der Waals surface area contributed by atoms with E-state index in [1.54, 1.807) is 43.5 Å². The first-order chi connectivity index (χ1) is 17.9. The Morgan fingerprint density at radius 1 is 1.11 bits per heavy atom. The molecule has 0 aliphatic carbocycles. The average molecular weight is 526 g/mol. The number of likely N-dealkylation sites (N-methyl/N-ethyl adjacent to an activating group) is 1. The number of rotatable bonds is 9. The third-order valence-corrected chi connectivity index (χ3v) is 5.48. The quantitative estimate of drug-likeness (QED) is 0.321. The predicted molar refractivity (Wildman–Crippen MR) is 141 cm³/mol. The Morgan fingerprint density at radius 3 is 2.46 bits per heavy atom. The molecule has 2 aromatic carbocycles. The summed E-state index contributed by atoms with van der Waals surface area (Å²) < 4.78 is 21.1. The molecule has 0 atom stereocenters. The highest BCUT2D eigenvalue weighted by atomic mass is 32.2. The first-order valence-corrected chi connectivity index (χ1v) is 12.4. The molecule has 0 radical (unpaired) electrons. The fourth-order valence-electron chi connectivity index (χ4n) is 3.05. The molecule has 1 heterocycles. The summed E-state index contributed by atoms with van der Waals surface area (Å²) in [6.07, 6.45) is 1.03. The standard InChI is InChI=1S/C25H27N5O6S/c1-6-34-20-13-17(9-12-19(20)35-14-21(31)26-3)22(24(37-5)29-25(32)33-4)28-18-10-7-16(8-11-18)23-27-15(2)36-30-23/h7-13H,6,14H2,1-5H3,(H,26,31)/b28-22+,29-24-. The SMILES string of the molecule is CCOc1cc(C(=N\c2ccc(-c3noc(C)n3)cc2)/C(=N/C(=O)OC)SC)ccc1OCC(=O)NC. The largest absolute Gasteiger partial charge is 0.490 e. The molecule has 0 saturated heterocycles. The topological polar surface area (TPSA) is 138 Å². The van der Waals surface area contributed by atoms with Crippen LogP contribution in [0.5, 0.6) is 11.5 Å². The van der Waals surface area contributed by atoms with Gasteiger partial charge in [-0.2, -0.15) is 9.98 Å². The number of aryl methyl sites for hydroxylation is 1. The summed E-state index contributed by atoms with van der Waals surface area (Å²) in [5.74, 6) is 1.47. The molecular weight excluding hydrogens is 498 g/mol. The van der Waals surface area contributed by atoms with Crippen LogP contribution in [0.1, 0.15) is 18.4 Å². The van der Waals surface area contributed by atoms with Crippen molar-refractivity contribution in [2.45, 2.75) is 13.8 Å². The van der Waals surface area contributed by atoms with E-state index in [2.05, 4.69) is 20.4 Å². The van der Waals surface area contributed by atoms with E-state index in [-0.39, 0.29) is 12.5 Å². The maximum atomic E-state index is 12.0. The van der Waals surface area contributed by atoms with Crippen molar-refractivity contribution in [3.63, 3.8) is 0 Å². The molecule has 37 heavy (non-hydrogen) atoms. The van der Waals surface area contributed by atoms with Gasteiger partial charge in [0.15, 0.2) is 18.1 Å². The van der Waals surface area contributed by atoms with Crippen LogP contribution in [0.15, 0.2) is 57.0 Å². The van der Waals surface area contributed by atoms with Crippen LogP contribution in [0.25, 0.3) is 11.4 Å². The van der Waals surface area contributed by atoms with Gasteiger partial charge in [0.2, 0.25) is 11.7 Å². The fourth-order valence-corrected chi connectivity index (χ4v) is 3.57. The van der Waals surface area contributed by atoms with Crippen molar-refractivity contribution in [3.05, 3.63) is 53.9 Å². The highest BCUT2D eigenvalue weighted by molar-refractivity contribution is 8.15. The number of ether oxygens (including phenoxy) is 3. The van der Waals surface area contributed by atoms with Crippen LogP contribution in [0.3, 0.4) is 0 Å². The lowest BCUT2D eigenvalue weighted by atomic mass is 10.1. The summed E-state index contributed by atoms with van der Waals surface area (Å²) >= 11 is 1.24. The molecular formula is C25H27N5O6S. The Bertz CT molecular complexity index is 1300. The van der Waals surface area contributed by atoms with Crippen molar-refractivity contribution in [3.8, 4) is 22.9 Å². The molecule has 0 spiro atoms. The van der Waals surface area contributed by atoms with E-state index < -0.39 is 6.09 Å². The van der Waals surface area contributed by atoms with Crippen molar-refractivity contribution in [2.24, 2.45) is 9.98 Å². The molecule has 1 aromatic heterocycles. The third kappa shape index (κ3) is 7.40. The number of amides is 2. The normalized spacial score (nSPS) is 11.7. The first kappa shape index (κ1) is 27.4. The van der Waals surface area contributed by atoms with E-state index in [9.17, 15) is 9.59 Å². The maximum absolute atomic E-state index is 12.0. The second kappa shape index (κ2) is 13.2. The third-order valence-electron chi connectivity index (χ3n) is 4.81. The van der Waals surface area contributed by atoms with Crippen LogP contribution in [-0.4, -0.2) is 66.5 Å². The van der Waals surface area contributed by atoms with Crippen LogP contribution in [0.2, 0.25) is 0 Å². The van der Waals surface area contributed by atoms with E-state index in [0.29, 0.717) is 51.8 Å². The molecule has 3 aromatic rings. The minimum atomic E-state index is -0.754. The Kier molecular flexibility index (Phi) is 9.78. The zero-order valence-electron chi connectivity index (χ0n) is 21.1. The van der Waals surface area contributed by atoms with Gasteiger partial charge in [-0.05, 0) is 55.6 Å². The van der Waals surface area contributed by atoms with Gasteiger partial charge in [-0.25, -0.2) is 9.79 Å². The van der Waals surface area contributed by atoms with Crippen molar-refractivity contribution in [1.29, 1.82) is 0 Å². The number of methoxy groups -OCH3 is 1. The van der Waals surface area contributed by atoms with Crippen LogP contribution in [0.4, 0.5) is 10.5 Å². The molecule has 0 aliphatic rings. The maximum Gasteiger partial charge on any atom is 0.434 e. The molecule has 0 saturated carbocycles. The van der Waals surface area contributed by atoms with Gasteiger partial charge in [0.25, 0.3) is 5.91 Å². The molecule has 0 unspecified atom stereocenters. The number of nitrogens with zero attached hydrogens (tertiary/aromatic N) is 4. The highest BCUT2D eigenvalue weighted by Gasteiger charge is 2.18. The lowest BCUT2D eigenvalue weighted by Gasteiger charge is -2.14. The van der Waals surface area contributed by atoms with E-state index in [1.807, 2.05) is 19.1 Å². The van der Waals surface area contributed by atoms with Crippen LogP contribution < -0.4 is 14.8 Å². The number of aromatic nitrogens is 2. The second-order valence-corrected chi connectivity index (χ2v) is 8.09. The van der Waals surface area contributed by atoms with Gasteiger partial charge in [-0.3, -0.25) is 4.79 Å². The lowest BCUT2D eigenvalue weighted by Crippen LogP contribution is -2.25. The highest BCUT2D eigenvalue weighted by Crippen LogP contribution is 2.30. The van der Waals surface area contributed by atoms with Crippen molar-refractivity contribution in [1.82, 2.24) is 15.5 Å². The Morgan fingerprint density at radius 2 is 1.86 bits per heavy atom. The number of carbonyl (C=O) groups is 2. The van der Waals surface area contributed by atoms with Crippen LogP contribution in [0, 0.1) is 6.92 Å². The lowest BCUT2D eigenvalue weighted by molar-refractivity contribution is -0.122. The van der Waals surface area contributed by atoms with E-state index >= 15 is 0 Å². The Hall–Kier alpha value is -4.19.